The van der Waals surface area contributed by atoms with Crippen LogP contribution in [0.1, 0.15) is 25.0 Å². The Labute approximate surface area is 112 Å². The number of pyridine rings is 1. The van der Waals surface area contributed by atoms with Crippen LogP contribution in [-0.4, -0.2) is 15.3 Å². The molecule has 0 aliphatic heterocycles. The summed E-state index contributed by atoms with van der Waals surface area (Å²) in [5.74, 6) is 0. The van der Waals surface area contributed by atoms with Crippen LogP contribution in [0.4, 0.5) is 0 Å². The number of benzene rings is 1. The van der Waals surface area contributed by atoms with Crippen molar-refractivity contribution in [2.75, 3.05) is 0 Å². The first-order chi connectivity index (χ1) is 8.63. The Morgan fingerprint density at radius 2 is 1.56 bits per heavy atom. The van der Waals surface area contributed by atoms with Crippen LogP contribution in [0.3, 0.4) is 0 Å². The fourth-order valence-electron chi connectivity index (χ4n) is 1.89. The van der Waals surface area contributed by atoms with Gasteiger partial charge in [0.15, 0.2) is 4.93 Å². The van der Waals surface area contributed by atoms with E-state index in [1.807, 2.05) is 42.5 Å². The average Bonchev–Trinajstić information content (AvgIpc) is 2.40. The minimum absolute atomic E-state index is 0.323. The zero-order chi connectivity index (χ0) is 13.0. The maximum Gasteiger partial charge on any atom is 0.162 e. The van der Waals surface area contributed by atoms with Crippen molar-refractivity contribution < 1.29 is 5.11 Å². The second-order valence-electron chi connectivity index (χ2n) is 4.41. The lowest BCUT2D eigenvalue weighted by Crippen LogP contribution is -2.25. The van der Waals surface area contributed by atoms with E-state index < -0.39 is 4.93 Å². The first-order valence-electron chi connectivity index (χ1n) is 5.99. The number of aromatic nitrogens is 1. The highest BCUT2D eigenvalue weighted by molar-refractivity contribution is 8.00. The maximum absolute atomic E-state index is 11.1. The zero-order valence-electron chi connectivity index (χ0n) is 10.6. The number of hydrogen-bond donors (Lipinski definition) is 1. The summed E-state index contributed by atoms with van der Waals surface area (Å²) in [6.07, 6.45) is 3.42. The molecule has 0 saturated carbocycles. The third-order valence-electron chi connectivity index (χ3n) is 2.64. The van der Waals surface area contributed by atoms with Crippen molar-refractivity contribution in [2.45, 2.75) is 24.0 Å². The molecule has 2 aromatic rings. The fourth-order valence-corrected chi connectivity index (χ4v) is 3.11. The molecule has 1 aromatic carbocycles. The smallest absolute Gasteiger partial charge is 0.162 e. The second-order valence-corrected chi connectivity index (χ2v) is 6.18. The van der Waals surface area contributed by atoms with Crippen LogP contribution in [-0.2, 0) is 4.93 Å². The first-order valence-corrected chi connectivity index (χ1v) is 6.87. The summed E-state index contributed by atoms with van der Waals surface area (Å²) in [7, 11) is 0. The highest BCUT2D eigenvalue weighted by Gasteiger charge is 2.33. The highest BCUT2D eigenvalue weighted by Crippen LogP contribution is 2.42. The van der Waals surface area contributed by atoms with Gasteiger partial charge in [-0.1, -0.05) is 44.2 Å². The molecule has 2 rings (SSSR count). The van der Waals surface area contributed by atoms with Gasteiger partial charge in [0.25, 0.3) is 0 Å². The summed E-state index contributed by atoms with van der Waals surface area (Å²) >= 11 is 1.54. The van der Waals surface area contributed by atoms with E-state index in [2.05, 4.69) is 18.8 Å². The number of nitrogens with zero attached hydrogens (tertiary/aromatic N) is 1. The summed E-state index contributed by atoms with van der Waals surface area (Å²) < 4.78 is 0. The maximum atomic E-state index is 11.1. The third-order valence-corrected chi connectivity index (χ3v) is 3.93. The van der Waals surface area contributed by atoms with E-state index in [0.29, 0.717) is 5.25 Å². The van der Waals surface area contributed by atoms with Crippen molar-refractivity contribution in [3.8, 4) is 0 Å². The van der Waals surface area contributed by atoms with Crippen molar-refractivity contribution in [2.24, 2.45) is 0 Å². The van der Waals surface area contributed by atoms with Crippen molar-refractivity contribution in [3.63, 3.8) is 0 Å². The van der Waals surface area contributed by atoms with E-state index in [0.717, 1.165) is 11.1 Å². The van der Waals surface area contributed by atoms with Gasteiger partial charge in [0.1, 0.15) is 0 Å². The molecule has 3 heteroatoms. The predicted octanol–water partition coefficient (Wildman–Crippen LogP) is 3.42. The van der Waals surface area contributed by atoms with Crippen molar-refractivity contribution in [3.05, 3.63) is 66.0 Å². The summed E-state index contributed by atoms with van der Waals surface area (Å²) in [6, 6.07) is 13.5. The van der Waals surface area contributed by atoms with Gasteiger partial charge in [0.05, 0.1) is 0 Å². The van der Waals surface area contributed by atoms with Crippen molar-refractivity contribution >= 4 is 11.8 Å². The molecule has 0 saturated heterocycles. The van der Waals surface area contributed by atoms with Crippen LogP contribution in [0, 0.1) is 0 Å². The topological polar surface area (TPSA) is 33.1 Å². The average molecular weight is 259 g/mol. The molecule has 0 bridgehead atoms. The van der Waals surface area contributed by atoms with Gasteiger partial charge in [0, 0.05) is 23.2 Å². The number of thioether (sulfide) groups is 1. The normalized spacial score (nSPS) is 14.4. The molecular weight excluding hydrogens is 242 g/mol. The minimum atomic E-state index is -1.02. The zero-order valence-corrected chi connectivity index (χ0v) is 11.4. The Bertz CT molecular complexity index is 445. The Kier molecular flexibility index (Phi) is 4.04. The van der Waals surface area contributed by atoms with Gasteiger partial charge in [-0.05, 0) is 17.7 Å². The minimum Gasteiger partial charge on any atom is -0.371 e. The number of hydrogen-bond acceptors (Lipinski definition) is 3. The summed E-state index contributed by atoms with van der Waals surface area (Å²) in [4.78, 5) is 3.00. The highest BCUT2D eigenvalue weighted by atomic mass is 32.2. The lowest BCUT2D eigenvalue weighted by atomic mass is 10.0. The van der Waals surface area contributed by atoms with E-state index in [-0.39, 0.29) is 0 Å². The van der Waals surface area contributed by atoms with E-state index in [9.17, 15) is 5.11 Å². The second kappa shape index (κ2) is 5.55. The van der Waals surface area contributed by atoms with Crippen LogP contribution >= 0.6 is 11.8 Å². The van der Waals surface area contributed by atoms with Gasteiger partial charge in [-0.3, -0.25) is 4.98 Å². The predicted molar refractivity (Wildman–Crippen MR) is 76.4 cm³/mol. The van der Waals surface area contributed by atoms with E-state index in [1.165, 1.54) is 11.8 Å². The molecule has 94 valence electrons. The lowest BCUT2D eigenvalue weighted by Gasteiger charge is -2.30. The van der Waals surface area contributed by atoms with Gasteiger partial charge in [0.2, 0.25) is 0 Å². The quantitative estimate of drug-likeness (QED) is 0.854. The molecule has 2 nitrogen and oxygen atoms in total. The van der Waals surface area contributed by atoms with E-state index in [1.54, 1.807) is 12.4 Å². The Morgan fingerprint density at radius 3 is 2.11 bits per heavy atom. The Morgan fingerprint density at radius 1 is 1.00 bits per heavy atom. The largest absolute Gasteiger partial charge is 0.371 e. The lowest BCUT2D eigenvalue weighted by molar-refractivity contribution is 0.181. The number of rotatable bonds is 4. The molecule has 0 spiro atoms. The van der Waals surface area contributed by atoms with Gasteiger partial charge in [-0.25, -0.2) is 0 Å². The molecule has 0 aliphatic carbocycles. The SMILES string of the molecule is CC(C)SC(O)(c1ccccc1)c1ccncc1. The van der Waals surface area contributed by atoms with Crippen molar-refractivity contribution in [1.82, 2.24) is 4.98 Å². The van der Waals surface area contributed by atoms with Gasteiger partial charge >= 0.3 is 0 Å². The van der Waals surface area contributed by atoms with Crippen LogP contribution in [0.5, 0.6) is 0 Å². The van der Waals surface area contributed by atoms with Gasteiger partial charge < -0.3 is 5.11 Å². The molecule has 0 aliphatic rings. The van der Waals surface area contributed by atoms with Crippen LogP contribution in [0.25, 0.3) is 0 Å². The standard InChI is InChI=1S/C15H17NOS/c1-12(2)18-15(17,13-6-4-3-5-7-13)14-8-10-16-11-9-14/h3-12,17H,1-2H3. The fraction of sp³-hybridized carbons (Fsp3) is 0.267. The molecule has 1 N–H and O–H groups in total. The Hall–Kier alpha value is -1.32. The third kappa shape index (κ3) is 2.74. The van der Waals surface area contributed by atoms with Gasteiger partial charge in [-0.2, -0.15) is 0 Å². The molecule has 1 atom stereocenters. The van der Waals surface area contributed by atoms with Crippen LogP contribution in [0.2, 0.25) is 0 Å². The molecular formula is C15H17NOS. The first kappa shape index (κ1) is 13.1. The number of aliphatic hydroxyl groups is 1. The van der Waals surface area contributed by atoms with Crippen LogP contribution < -0.4 is 0 Å². The summed E-state index contributed by atoms with van der Waals surface area (Å²) in [5.41, 5.74) is 1.76. The monoisotopic (exact) mass is 259 g/mol. The Balaban J connectivity index is 2.48. The molecule has 0 radical (unpaired) electrons. The van der Waals surface area contributed by atoms with E-state index in [4.69, 9.17) is 0 Å². The van der Waals surface area contributed by atoms with E-state index >= 15 is 0 Å². The molecule has 1 aromatic heterocycles. The molecule has 0 fully saturated rings. The molecule has 18 heavy (non-hydrogen) atoms. The molecule has 1 heterocycles. The molecule has 1 unspecified atom stereocenters. The summed E-state index contributed by atoms with van der Waals surface area (Å²) in [6.45, 7) is 4.17. The molecule has 0 amide bonds. The van der Waals surface area contributed by atoms with Crippen molar-refractivity contribution in [1.29, 1.82) is 0 Å². The summed E-state index contributed by atoms with van der Waals surface area (Å²) in [5, 5.41) is 11.4. The van der Waals surface area contributed by atoms with Gasteiger partial charge in [-0.15, -0.1) is 11.8 Å². The van der Waals surface area contributed by atoms with Crippen LogP contribution in [0.15, 0.2) is 54.9 Å².